The Balaban J connectivity index is 2.48. The monoisotopic (exact) mass is 267 g/mol. The van der Waals surface area contributed by atoms with Gasteiger partial charge in [0.2, 0.25) is 6.08 Å². The van der Waals surface area contributed by atoms with Crippen molar-refractivity contribution in [1.82, 2.24) is 0 Å². The van der Waals surface area contributed by atoms with Crippen LogP contribution in [0, 0.1) is 0 Å². The maximum Gasteiger partial charge on any atom is 0.235 e. The third kappa shape index (κ3) is 1.83. The minimum absolute atomic E-state index is 0.367. The van der Waals surface area contributed by atoms with Gasteiger partial charge in [-0.3, -0.25) is 0 Å². The molecule has 4 heteroatoms. The summed E-state index contributed by atoms with van der Waals surface area (Å²) in [6.07, 6.45) is 3.42. The van der Waals surface area contributed by atoms with E-state index in [9.17, 15) is 4.79 Å². The van der Waals surface area contributed by atoms with Crippen molar-refractivity contribution in [2.24, 2.45) is 4.99 Å². The van der Waals surface area contributed by atoms with E-state index in [0.29, 0.717) is 0 Å². The molecule has 0 bridgehead atoms. The number of halogens is 1. The summed E-state index contributed by atoms with van der Waals surface area (Å²) in [5.41, 5.74) is 0.602. The fourth-order valence-corrected chi connectivity index (χ4v) is 2.04. The first kappa shape index (κ1) is 10.4. The first-order valence-electron chi connectivity index (χ1n) is 4.65. The molecule has 1 aliphatic carbocycles. The largest absolute Gasteiger partial charge is 0.496 e. The Morgan fingerprint density at radius 3 is 2.80 bits per heavy atom. The van der Waals surface area contributed by atoms with Gasteiger partial charge < -0.3 is 4.74 Å². The van der Waals surface area contributed by atoms with Gasteiger partial charge in [0.05, 0.1) is 7.11 Å². The lowest BCUT2D eigenvalue weighted by molar-refractivity contribution is 0.404. The molecule has 2 rings (SSSR count). The van der Waals surface area contributed by atoms with Crippen molar-refractivity contribution in [3.63, 3.8) is 0 Å². The van der Waals surface area contributed by atoms with Crippen LogP contribution in [0.5, 0.6) is 5.75 Å². The minimum atomic E-state index is -0.367. The second-order valence-corrected chi connectivity index (χ2v) is 4.49. The molecule has 1 fully saturated rings. The van der Waals surface area contributed by atoms with E-state index in [0.717, 1.165) is 28.6 Å². The highest BCUT2D eigenvalue weighted by Crippen LogP contribution is 2.52. The summed E-state index contributed by atoms with van der Waals surface area (Å²) in [6.45, 7) is 0. The zero-order valence-corrected chi connectivity index (χ0v) is 9.87. The van der Waals surface area contributed by atoms with E-state index in [2.05, 4.69) is 20.9 Å². The summed E-state index contributed by atoms with van der Waals surface area (Å²) in [5, 5.41) is 0. The molecule has 0 atom stereocenters. The number of rotatable bonds is 3. The molecule has 0 unspecified atom stereocenters. The molecule has 3 nitrogen and oxygen atoms in total. The lowest BCUT2D eigenvalue weighted by Gasteiger charge is -2.13. The van der Waals surface area contributed by atoms with Gasteiger partial charge >= 0.3 is 0 Å². The SMILES string of the molecule is COc1cc(Br)ccc1C1(N=C=O)CC1. The topological polar surface area (TPSA) is 38.7 Å². The molecule has 0 aliphatic heterocycles. The number of aliphatic imine (C=N–C) groups is 1. The molecule has 15 heavy (non-hydrogen) atoms. The van der Waals surface area contributed by atoms with Gasteiger partial charge in [0.1, 0.15) is 11.3 Å². The highest BCUT2D eigenvalue weighted by Gasteiger charge is 2.46. The number of carbonyl (C=O) groups excluding carboxylic acids is 1. The number of isocyanates is 1. The van der Waals surface area contributed by atoms with Crippen molar-refractivity contribution < 1.29 is 9.53 Å². The van der Waals surface area contributed by atoms with Gasteiger partial charge in [-0.15, -0.1) is 0 Å². The fraction of sp³-hybridized carbons (Fsp3) is 0.364. The number of methoxy groups -OCH3 is 1. The van der Waals surface area contributed by atoms with Crippen molar-refractivity contribution in [2.45, 2.75) is 18.4 Å². The third-order valence-corrected chi connectivity index (χ3v) is 3.14. The average molecular weight is 268 g/mol. The van der Waals surface area contributed by atoms with Crippen LogP contribution in [0.25, 0.3) is 0 Å². The minimum Gasteiger partial charge on any atom is -0.496 e. The first-order chi connectivity index (χ1) is 7.22. The highest BCUT2D eigenvalue weighted by molar-refractivity contribution is 9.10. The molecular formula is C11H10BrNO2. The molecule has 0 heterocycles. The molecule has 0 N–H and O–H groups in total. The van der Waals surface area contributed by atoms with Crippen molar-refractivity contribution in [3.05, 3.63) is 28.2 Å². The second-order valence-electron chi connectivity index (χ2n) is 3.58. The molecule has 0 aromatic heterocycles. The van der Waals surface area contributed by atoms with Gasteiger partial charge in [0.15, 0.2) is 0 Å². The van der Waals surface area contributed by atoms with Gasteiger partial charge in [-0.25, -0.2) is 4.79 Å². The van der Waals surface area contributed by atoms with Crippen molar-refractivity contribution in [3.8, 4) is 5.75 Å². The normalized spacial score (nSPS) is 16.7. The van der Waals surface area contributed by atoms with Gasteiger partial charge in [-0.2, -0.15) is 4.99 Å². The molecule has 0 radical (unpaired) electrons. The number of nitrogens with zero attached hydrogens (tertiary/aromatic N) is 1. The fourth-order valence-electron chi connectivity index (χ4n) is 1.70. The van der Waals surface area contributed by atoms with Gasteiger partial charge in [0, 0.05) is 10.0 Å². The number of benzene rings is 1. The molecule has 1 aromatic carbocycles. The molecule has 78 valence electrons. The zero-order valence-electron chi connectivity index (χ0n) is 8.29. The average Bonchev–Trinajstić information content (AvgIpc) is 2.99. The van der Waals surface area contributed by atoms with Gasteiger partial charge in [-0.1, -0.05) is 22.0 Å². The Morgan fingerprint density at radius 1 is 1.53 bits per heavy atom. The maximum absolute atomic E-state index is 10.4. The number of ether oxygens (including phenoxy) is 1. The number of hydrogen-bond acceptors (Lipinski definition) is 3. The van der Waals surface area contributed by atoms with Crippen molar-refractivity contribution in [1.29, 1.82) is 0 Å². The van der Waals surface area contributed by atoms with Crippen LogP contribution in [0.4, 0.5) is 0 Å². The lowest BCUT2D eigenvalue weighted by atomic mass is 10.0. The van der Waals surface area contributed by atoms with Crippen LogP contribution >= 0.6 is 15.9 Å². The Bertz CT molecular complexity index is 434. The lowest BCUT2D eigenvalue weighted by Crippen LogP contribution is -2.04. The summed E-state index contributed by atoms with van der Waals surface area (Å²) in [4.78, 5) is 14.2. The molecule has 1 aromatic rings. The van der Waals surface area contributed by atoms with E-state index in [-0.39, 0.29) is 5.54 Å². The smallest absolute Gasteiger partial charge is 0.235 e. The molecule has 0 spiro atoms. The van der Waals surface area contributed by atoms with Crippen molar-refractivity contribution in [2.75, 3.05) is 7.11 Å². The Kier molecular flexibility index (Phi) is 2.63. The number of hydrogen-bond donors (Lipinski definition) is 0. The molecule has 0 saturated heterocycles. The first-order valence-corrected chi connectivity index (χ1v) is 5.44. The highest BCUT2D eigenvalue weighted by atomic mass is 79.9. The third-order valence-electron chi connectivity index (χ3n) is 2.65. The predicted octanol–water partition coefficient (Wildman–Crippen LogP) is 2.78. The van der Waals surface area contributed by atoms with E-state index in [1.165, 1.54) is 0 Å². The standard InChI is InChI=1S/C11H10BrNO2/c1-15-10-6-8(12)2-3-9(10)11(4-5-11)13-7-14/h2-3,6H,4-5H2,1H3. The summed E-state index contributed by atoms with van der Waals surface area (Å²) in [7, 11) is 1.62. The summed E-state index contributed by atoms with van der Waals surface area (Å²) < 4.78 is 6.23. The van der Waals surface area contributed by atoms with Gasteiger partial charge in [0.25, 0.3) is 0 Å². The summed E-state index contributed by atoms with van der Waals surface area (Å²) >= 11 is 3.38. The summed E-state index contributed by atoms with van der Waals surface area (Å²) in [6, 6.07) is 5.75. The van der Waals surface area contributed by atoms with Crippen LogP contribution in [0.15, 0.2) is 27.7 Å². The van der Waals surface area contributed by atoms with E-state index in [1.807, 2.05) is 18.2 Å². The van der Waals surface area contributed by atoms with Crippen LogP contribution in [-0.2, 0) is 10.3 Å². The van der Waals surface area contributed by atoms with Crippen LogP contribution < -0.4 is 4.74 Å². The quantitative estimate of drug-likeness (QED) is 0.624. The van der Waals surface area contributed by atoms with E-state index < -0.39 is 0 Å². The second kappa shape index (κ2) is 3.80. The van der Waals surface area contributed by atoms with Gasteiger partial charge in [-0.05, 0) is 25.0 Å². The van der Waals surface area contributed by atoms with Crippen LogP contribution in [-0.4, -0.2) is 13.2 Å². The zero-order chi connectivity index (χ0) is 10.9. The van der Waals surface area contributed by atoms with E-state index in [1.54, 1.807) is 13.2 Å². The Morgan fingerprint density at radius 2 is 2.27 bits per heavy atom. The van der Waals surface area contributed by atoms with Crippen LogP contribution in [0.2, 0.25) is 0 Å². The van der Waals surface area contributed by atoms with E-state index in [4.69, 9.17) is 4.74 Å². The summed E-state index contributed by atoms with van der Waals surface area (Å²) in [5.74, 6) is 0.765. The van der Waals surface area contributed by atoms with Crippen molar-refractivity contribution >= 4 is 22.0 Å². The molecular weight excluding hydrogens is 258 g/mol. The Hall–Kier alpha value is -1.12. The molecule has 1 aliphatic rings. The maximum atomic E-state index is 10.4. The Labute approximate surface area is 96.3 Å². The predicted molar refractivity (Wildman–Crippen MR) is 59.7 cm³/mol. The molecule has 1 saturated carbocycles. The van der Waals surface area contributed by atoms with Crippen LogP contribution in [0.3, 0.4) is 0 Å². The molecule has 0 amide bonds. The van der Waals surface area contributed by atoms with E-state index >= 15 is 0 Å². The van der Waals surface area contributed by atoms with Crippen LogP contribution in [0.1, 0.15) is 18.4 Å².